The first kappa shape index (κ1) is 21.7. The largest absolute Gasteiger partial charge is 0.486 e. The average molecular weight is 437 g/mol. The third-order valence-electron chi connectivity index (χ3n) is 5.94. The Balaban J connectivity index is 1.60. The quantitative estimate of drug-likeness (QED) is 0.457. The number of carbonyl (C=O) groups is 2. The Morgan fingerprint density at radius 2 is 2.00 bits per heavy atom. The first-order valence-electron chi connectivity index (χ1n) is 10.2. The molecule has 0 saturated heterocycles. The first-order chi connectivity index (χ1) is 15.3. The fourth-order valence-corrected chi connectivity index (χ4v) is 4.30. The minimum absolute atomic E-state index is 0.0450. The highest BCUT2D eigenvalue weighted by atomic mass is 19.1. The minimum atomic E-state index is -1.20. The summed E-state index contributed by atoms with van der Waals surface area (Å²) in [7, 11) is 3.15. The average Bonchev–Trinajstić information content (AvgIpc) is 3.53. The highest BCUT2D eigenvalue weighted by Crippen LogP contribution is 2.55. The third-order valence-corrected chi connectivity index (χ3v) is 5.94. The van der Waals surface area contributed by atoms with Gasteiger partial charge in [-0.2, -0.15) is 0 Å². The molecule has 0 aliphatic heterocycles. The maximum Gasteiger partial charge on any atom is 0.247 e. The number of para-hydroxylation sites is 1. The summed E-state index contributed by atoms with van der Waals surface area (Å²) in [6, 6.07) is 13.9. The molecule has 0 radical (unpaired) electrons. The highest BCUT2D eigenvalue weighted by molar-refractivity contribution is 6.00. The second-order valence-electron chi connectivity index (χ2n) is 8.28. The molecule has 166 valence electrons. The van der Waals surface area contributed by atoms with Crippen LogP contribution in [0.1, 0.15) is 23.2 Å². The summed E-state index contributed by atoms with van der Waals surface area (Å²) in [6.45, 7) is 2.04. The minimum Gasteiger partial charge on any atom is -0.486 e. The zero-order chi connectivity index (χ0) is 23.0. The molecule has 1 aliphatic carbocycles. The number of pyridine rings is 1. The van der Waals surface area contributed by atoms with Crippen molar-refractivity contribution in [3.63, 3.8) is 0 Å². The Labute approximate surface area is 184 Å². The topological polar surface area (TPSA) is 91.8 Å². The Bertz CT molecular complexity index is 1210. The first-order valence-corrected chi connectivity index (χ1v) is 10.2. The van der Waals surface area contributed by atoms with Gasteiger partial charge in [0.05, 0.1) is 16.8 Å². The molecule has 0 unspecified atom stereocenters. The fourth-order valence-electron chi connectivity index (χ4n) is 4.30. The van der Waals surface area contributed by atoms with Gasteiger partial charge in [-0.15, -0.1) is 0 Å². The molecule has 1 heterocycles. The fraction of sp³-hybridized carbons (Fsp3) is 0.292. The van der Waals surface area contributed by atoms with Crippen LogP contribution in [0.25, 0.3) is 10.9 Å². The van der Waals surface area contributed by atoms with E-state index in [0.29, 0.717) is 5.56 Å². The van der Waals surface area contributed by atoms with Gasteiger partial charge in [0, 0.05) is 30.7 Å². The van der Waals surface area contributed by atoms with Gasteiger partial charge in [-0.25, -0.2) is 9.87 Å². The third kappa shape index (κ3) is 3.67. The summed E-state index contributed by atoms with van der Waals surface area (Å²) < 4.78 is 20.7. The van der Waals surface area contributed by atoms with Gasteiger partial charge in [0.2, 0.25) is 11.8 Å². The standard InChI is InChI=1S/C24H24FN3O4/c1-14-10-15(17-6-4-5-7-20(17)26-14)13-32-21-9-8-16(11-19(21)25)24(23(30)28(2)3)12-18(24)22(29)27-31/h4-11,18,31H,12-13H2,1-3H3,(H,27,29)/t18-,24-/m1/s1. The molecule has 1 fully saturated rings. The summed E-state index contributed by atoms with van der Waals surface area (Å²) in [4.78, 5) is 30.7. The van der Waals surface area contributed by atoms with Gasteiger partial charge in [-0.05, 0) is 43.2 Å². The molecule has 1 saturated carbocycles. The van der Waals surface area contributed by atoms with Crippen molar-refractivity contribution in [1.82, 2.24) is 15.4 Å². The van der Waals surface area contributed by atoms with Gasteiger partial charge in [-0.1, -0.05) is 24.3 Å². The van der Waals surface area contributed by atoms with E-state index in [0.717, 1.165) is 22.2 Å². The van der Waals surface area contributed by atoms with Gasteiger partial charge in [-0.3, -0.25) is 19.8 Å². The predicted octanol–water partition coefficient (Wildman–Crippen LogP) is 3.11. The van der Waals surface area contributed by atoms with Gasteiger partial charge in [0.15, 0.2) is 11.6 Å². The van der Waals surface area contributed by atoms with Gasteiger partial charge in [0.1, 0.15) is 6.61 Å². The van der Waals surface area contributed by atoms with E-state index < -0.39 is 23.1 Å². The van der Waals surface area contributed by atoms with Crippen molar-refractivity contribution >= 4 is 22.7 Å². The number of rotatable bonds is 6. The lowest BCUT2D eigenvalue weighted by Gasteiger charge is -2.22. The summed E-state index contributed by atoms with van der Waals surface area (Å²) in [5, 5.41) is 9.93. The summed E-state index contributed by atoms with van der Waals surface area (Å²) in [5.41, 5.74) is 3.33. The molecule has 2 N–H and O–H groups in total. The Hall–Kier alpha value is -3.52. The maximum atomic E-state index is 15.0. The van der Waals surface area contributed by atoms with Crippen LogP contribution in [0.5, 0.6) is 5.75 Å². The van der Waals surface area contributed by atoms with Crippen molar-refractivity contribution in [3.05, 3.63) is 71.2 Å². The molecule has 2 atom stereocenters. The molecule has 2 amide bonds. The van der Waals surface area contributed by atoms with Crippen LogP contribution in [-0.4, -0.2) is 41.0 Å². The van der Waals surface area contributed by atoms with Gasteiger partial charge in [0.25, 0.3) is 0 Å². The SMILES string of the molecule is Cc1cc(COc2ccc([C@]3(C(=O)N(C)C)C[C@@H]3C(=O)NO)cc2F)c2ccccc2n1. The molecule has 2 aromatic carbocycles. The van der Waals surface area contributed by atoms with E-state index in [-0.39, 0.29) is 24.7 Å². The number of aryl methyl sites for hydroxylation is 1. The van der Waals surface area contributed by atoms with Crippen molar-refractivity contribution in [3.8, 4) is 5.75 Å². The number of aromatic nitrogens is 1. The highest BCUT2D eigenvalue weighted by Gasteiger charge is 2.65. The number of nitrogens with one attached hydrogen (secondary N) is 1. The molecule has 3 aromatic rings. The predicted molar refractivity (Wildman–Crippen MR) is 116 cm³/mol. The van der Waals surface area contributed by atoms with Crippen molar-refractivity contribution in [2.75, 3.05) is 14.1 Å². The van der Waals surface area contributed by atoms with Gasteiger partial charge >= 0.3 is 0 Å². The molecule has 4 rings (SSSR count). The molecule has 7 nitrogen and oxygen atoms in total. The van der Waals surface area contributed by atoms with E-state index in [9.17, 15) is 14.0 Å². The molecule has 0 spiro atoms. The second kappa shape index (κ2) is 8.20. The second-order valence-corrected chi connectivity index (χ2v) is 8.28. The zero-order valence-electron chi connectivity index (χ0n) is 18.1. The molecule has 1 aliphatic rings. The number of benzene rings is 2. The maximum absolute atomic E-state index is 15.0. The van der Waals surface area contributed by atoms with Crippen LogP contribution in [0, 0.1) is 18.7 Å². The lowest BCUT2D eigenvalue weighted by atomic mass is 9.91. The molecule has 8 heteroatoms. The van der Waals surface area contributed by atoms with E-state index >= 15 is 0 Å². The lowest BCUT2D eigenvalue weighted by Crippen LogP contribution is -2.38. The van der Waals surface area contributed by atoms with Crippen LogP contribution in [0.2, 0.25) is 0 Å². The van der Waals surface area contributed by atoms with Crippen LogP contribution in [0.4, 0.5) is 4.39 Å². The molecular formula is C24H24FN3O4. The number of hydroxylamine groups is 1. The normalized spacial score (nSPS) is 19.5. The number of hydrogen-bond donors (Lipinski definition) is 2. The van der Waals surface area contributed by atoms with E-state index in [1.54, 1.807) is 25.6 Å². The number of likely N-dealkylation sites (N-methyl/N-ethyl adjacent to an activating group) is 1. The Kier molecular flexibility index (Phi) is 5.56. The van der Waals surface area contributed by atoms with Crippen molar-refractivity contribution in [2.24, 2.45) is 5.92 Å². The molecule has 32 heavy (non-hydrogen) atoms. The Morgan fingerprint density at radius 1 is 1.25 bits per heavy atom. The monoisotopic (exact) mass is 437 g/mol. The van der Waals surface area contributed by atoms with Crippen molar-refractivity contribution in [2.45, 2.75) is 25.4 Å². The summed E-state index contributed by atoms with van der Waals surface area (Å²) in [5.74, 6) is -2.33. The smallest absolute Gasteiger partial charge is 0.247 e. The van der Waals surface area contributed by atoms with Crippen LogP contribution < -0.4 is 10.2 Å². The van der Waals surface area contributed by atoms with Crippen molar-refractivity contribution < 1.29 is 23.9 Å². The zero-order valence-corrected chi connectivity index (χ0v) is 18.1. The summed E-state index contributed by atoms with van der Waals surface area (Å²) >= 11 is 0. The Morgan fingerprint density at radius 3 is 2.69 bits per heavy atom. The number of ether oxygens (including phenoxy) is 1. The number of amides is 2. The molecule has 1 aromatic heterocycles. The van der Waals surface area contributed by atoms with E-state index in [2.05, 4.69) is 4.98 Å². The van der Waals surface area contributed by atoms with E-state index in [4.69, 9.17) is 9.94 Å². The summed E-state index contributed by atoms with van der Waals surface area (Å²) in [6.07, 6.45) is 0.193. The van der Waals surface area contributed by atoms with Gasteiger partial charge < -0.3 is 9.64 Å². The lowest BCUT2D eigenvalue weighted by molar-refractivity contribution is -0.136. The molecule has 0 bridgehead atoms. The molecular weight excluding hydrogens is 413 g/mol. The number of fused-ring (bicyclic) bond motifs is 1. The number of hydrogen-bond acceptors (Lipinski definition) is 5. The van der Waals surface area contributed by atoms with Crippen LogP contribution in [0.3, 0.4) is 0 Å². The van der Waals surface area contributed by atoms with Crippen LogP contribution in [0.15, 0.2) is 48.5 Å². The van der Waals surface area contributed by atoms with E-state index in [1.807, 2.05) is 37.3 Å². The number of nitrogens with zero attached hydrogens (tertiary/aromatic N) is 2. The number of halogens is 1. The van der Waals surface area contributed by atoms with Crippen LogP contribution in [-0.2, 0) is 21.6 Å². The van der Waals surface area contributed by atoms with Crippen molar-refractivity contribution in [1.29, 1.82) is 0 Å². The van der Waals surface area contributed by atoms with Crippen LogP contribution >= 0.6 is 0 Å². The number of carbonyl (C=O) groups excluding carboxylic acids is 2. The van der Waals surface area contributed by atoms with E-state index in [1.165, 1.54) is 17.0 Å².